The van der Waals surface area contributed by atoms with Crippen molar-refractivity contribution in [2.45, 2.75) is 59.2 Å². The highest BCUT2D eigenvalue weighted by molar-refractivity contribution is 5.73. The standard InChI is InChI=1S/C15H25NO9/c1-6-22-15(16-8(2)17)14(25-11(5)20)13(24-10(4)19)12(21)7-23-9(3)18/h12-15,21H,6-7H2,1-5H3,(H,16,17)/t12?,13-,14?,15-/m0/s1. The van der Waals surface area contributed by atoms with Gasteiger partial charge in [-0.3, -0.25) is 19.2 Å². The molecule has 10 nitrogen and oxygen atoms in total. The quantitative estimate of drug-likeness (QED) is 0.292. The predicted octanol–water partition coefficient (Wildman–Crippen LogP) is -0.727. The van der Waals surface area contributed by atoms with Crippen molar-refractivity contribution in [3.63, 3.8) is 0 Å². The molecule has 0 aliphatic heterocycles. The fraction of sp³-hybridized carbons (Fsp3) is 0.733. The van der Waals surface area contributed by atoms with E-state index in [0.29, 0.717) is 0 Å². The molecular formula is C15H25NO9. The van der Waals surface area contributed by atoms with Crippen LogP contribution in [0.4, 0.5) is 0 Å². The van der Waals surface area contributed by atoms with Crippen LogP contribution in [0.3, 0.4) is 0 Å². The van der Waals surface area contributed by atoms with Crippen molar-refractivity contribution in [3.8, 4) is 0 Å². The normalized spacial score (nSPS) is 15.3. The number of carbonyl (C=O) groups excluding carboxylic acids is 4. The van der Waals surface area contributed by atoms with Crippen molar-refractivity contribution in [1.82, 2.24) is 5.32 Å². The summed E-state index contributed by atoms with van der Waals surface area (Å²) in [5.74, 6) is -2.68. The van der Waals surface area contributed by atoms with Crippen LogP contribution in [0.2, 0.25) is 0 Å². The first-order valence-corrected chi connectivity index (χ1v) is 7.63. The Morgan fingerprint density at radius 1 is 0.920 bits per heavy atom. The Morgan fingerprint density at radius 3 is 1.84 bits per heavy atom. The van der Waals surface area contributed by atoms with Crippen LogP contribution in [0.25, 0.3) is 0 Å². The van der Waals surface area contributed by atoms with Gasteiger partial charge in [0.1, 0.15) is 12.7 Å². The molecule has 0 aromatic carbocycles. The number of hydrogen-bond acceptors (Lipinski definition) is 9. The molecule has 2 unspecified atom stereocenters. The van der Waals surface area contributed by atoms with E-state index in [2.05, 4.69) is 5.32 Å². The third-order valence-electron chi connectivity index (χ3n) is 2.75. The summed E-state index contributed by atoms with van der Waals surface area (Å²) in [5, 5.41) is 12.6. The molecule has 0 heterocycles. The largest absolute Gasteiger partial charge is 0.463 e. The van der Waals surface area contributed by atoms with Gasteiger partial charge in [0.25, 0.3) is 0 Å². The fourth-order valence-corrected chi connectivity index (χ4v) is 1.95. The molecule has 2 N–H and O–H groups in total. The van der Waals surface area contributed by atoms with E-state index in [4.69, 9.17) is 18.9 Å². The number of aliphatic hydroxyl groups excluding tert-OH is 1. The SMILES string of the molecule is CCO[C@H](NC(C)=O)C(OC(C)=O)[C@@H](OC(C)=O)C(O)COC(C)=O. The van der Waals surface area contributed by atoms with Crippen LogP contribution >= 0.6 is 0 Å². The number of hydrogen-bond donors (Lipinski definition) is 2. The van der Waals surface area contributed by atoms with Gasteiger partial charge in [-0.2, -0.15) is 0 Å². The van der Waals surface area contributed by atoms with E-state index in [-0.39, 0.29) is 6.61 Å². The van der Waals surface area contributed by atoms with Gasteiger partial charge in [0, 0.05) is 34.3 Å². The maximum Gasteiger partial charge on any atom is 0.303 e. The number of ether oxygens (including phenoxy) is 4. The number of aliphatic hydroxyl groups is 1. The van der Waals surface area contributed by atoms with E-state index in [9.17, 15) is 24.3 Å². The van der Waals surface area contributed by atoms with Gasteiger partial charge in [0.15, 0.2) is 18.4 Å². The second kappa shape index (κ2) is 11.4. The number of amides is 1. The molecule has 10 heteroatoms. The lowest BCUT2D eigenvalue weighted by molar-refractivity contribution is -0.197. The number of rotatable bonds is 10. The lowest BCUT2D eigenvalue weighted by atomic mass is 10.1. The molecule has 0 rings (SSSR count). The molecule has 0 saturated heterocycles. The van der Waals surface area contributed by atoms with E-state index >= 15 is 0 Å². The van der Waals surface area contributed by atoms with Gasteiger partial charge in [-0.25, -0.2) is 0 Å². The molecule has 25 heavy (non-hydrogen) atoms. The van der Waals surface area contributed by atoms with E-state index in [1.54, 1.807) is 6.92 Å². The highest BCUT2D eigenvalue weighted by Gasteiger charge is 2.41. The summed E-state index contributed by atoms with van der Waals surface area (Å²) in [6.07, 6.45) is -5.52. The van der Waals surface area contributed by atoms with Crippen molar-refractivity contribution in [2.24, 2.45) is 0 Å². The lowest BCUT2D eigenvalue weighted by Gasteiger charge is -2.34. The molecule has 0 saturated carbocycles. The first-order chi connectivity index (χ1) is 11.6. The van der Waals surface area contributed by atoms with Gasteiger partial charge in [-0.1, -0.05) is 0 Å². The fourth-order valence-electron chi connectivity index (χ4n) is 1.95. The maximum atomic E-state index is 11.4. The summed E-state index contributed by atoms with van der Waals surface area (Å²) in [4.78, 5) is 45.1. The van der Waals surface area contributed by atoms with Gasteiger partial charge in [0.2, 0.25) is 5.91 Å². The summed E-state index contributed by atoms with van der Waals surface area (Å²) in [7, 11) is 0. The molecule has 0 spiro atoms. The lowest BCUT2D eigenvalue weighted by Crippen LogP contribution is -2.56. The molecule has 0 aromatic rings. The summed E-state index contributed by atoms with van der Waals surface area (Å²) in [6, 6.07) is 0. The minimum Gasteiger partial charge on any atom is -0.463 e. The van der Waals surface area contributed by atoms with Crippen molar-refractivity contribution in [3.05, 3.63) is 0 Å². The van der Waals surface area contributed by atoms with Gasteiger partial charge in [-0.05, 0) is 6.92 Å². The van der Waals surface area contributed by atoms with Crippen molar-refractivity contribution in [1.29, 1.82) is 0 Å². The Bertz CT molecular complexity index is 480. The summed E-state index contributed by atoms with van der Waals surface area (Å²) in [6.45, 7) is 5.80. The minimum absolute atomic E-state index is 0.134. The summed E-state index contributed by atoms with van der Waals surface area (Å²) >= 11 is 0. The third-order valence-corrected chi connectivity index (χ3v) is 2.75. The van der Waals surface area contributed by atoms with Gasteiger partial charge >= 0.3 is 17.9 Å². The predicted molar refractivity (Wildman–Crippen MR) is 83.0 cm³/mol. The number of nitrogens with one attached hydrogen (secondary N) is 1. The zero-order chi connectivity index (χ0) is 19.6. The van der Waals surface area contributed by atoms with Crippen LogP contribution in [-0.4, -0.2) is 66.7 Å². The van der Waals surface area contributed by atoms with Crippen LogP contribution in [0.15, 0.2) is 0 Å². The van der Waals surface area contributed by atoms with Crippen LogP contribution in [0.5, 0.6) is 0 Å². The topological polar surface area (TPSA) is 137 Å². The Labute approximate surface area is 145 Å². The molecule has 4 atom stereocenters. The Morgan fingerprint density at radius 2 is 1.44 bits per heavy atom. The second-order valence-electron chi connectivity index (χ2n) is 5.09. The minimum atomic E-state index is -1.52. The molecule has 144 valence electrons. The Kier molecular flexibility index (Phi) is 10.4. The van der Waals surface area contributed by atoms with Crippen LogP contribution in [-0.2, 0) is 38.1 Å². The highest BCUT2D eigenvalue weighted by atomic mass is 16.6. The van der Waals surface area contributed by atoms with Gasteiger partial charge in [0.05, 0.1) is 0 Å². The van der Waals surface area contributed by atoms with Crippen molar-refractivity contribution >= 4 is 23.8 Å². The second-order valence-corrected chi connectivity index (χ2v) is 5.09. The number of esters is 3. The monoisotopic (exact) mass is 363 g/mol. The van der Waals surface area contributed by atoms with Gasteiger partial charge in [-0.15, -0.1) is 0 Å². The highest BCUT2D eigenvalue weighted by Crippen LogP contribution is 2.16. The molecule has 0 aliphatic rings. The van der Waals surface area contributed by atoms with Gasteiger partial charge < -0.3 is 29.4 Å². The first kappa shape index (κ1) is 22.8. The van der Waals surface area contributed by atoms with E-state index in [0.717, 1.165) is 20.8 Å². The van der Waals surface area contributed by atoms with Crippen LogP contribution in [0, 0.1) is 0 Å². The first-order valence-electron chi connectivity index (χ1n) is 7.63. The summed E-state index contributed by atoms with van der Waals surface area (Å²) < 4.78 is 20.2. The molecule has 0 radical (unpaired) electrons. The number of carbonyl (C=O) groups is 4. The van der Waals surface area contributed by atoms with E-state index in [1.165, 1.54) is 6.92 Å². The zero-order valence-corrected chi connectivity index (χ0v) is 14.9. The van der Waals surface area contributed by atoms with E-state index < -0.39 is 55.0 Å². The molecule has 0 bridgehead atoms. The average molecular weight is 363 g/mol. The maximum absolute atomic E-state index is 11.4. The molecule has 0 fully saturated rings. The average Bonchev–Trinajstić information content (AvgIpc) is 2.47. The Balaban J connectivity index is 5.61. The van der Waals surface area contributed by atoms with Crippen molar-refractivity contribution < 1.29 is 43.2 Å². The summed E-state index contributed by atoms with van der Waals surface area (Å²) in [5.41, 5.74) is 0. The van der Waals surface area contributed by atoms with E-state index in [1.807, 2.05) is 0 Å². The molecule has 1 amide bonds. The molecular weight excluding hydrogens is 338 g/mol. The van der Waals surface area contributed by atoms with Crippen LogP contribution in [0.1, 0.15) is 34.6 Å². The Hall–Kier alpha value is -2.20. The van der Waals surface area contributed by atoms with Crippen LogP contribution < -0.4 is 5.32 Å². The molecule has 0 aromatic heterocycles. The third kappa shape index (κ3) is 9.62. The smallest absolute Gasteiger partial charge is 0.303 e. The van der Waals surface area contributed by atoms with Crippen molar-refractivity contribution in [2.75, 3.05) is 13.2 Å². The molecule has 0 aliphatic carbocycles. The zero-order valence-electron chi connectivity index (χ0n) is 14.9.